The highest BCUT2D eigenvalue weighted by molar-refractivity contribution is 7.92. The summed E-state index contributed by atoms with van der Waals surface area (Å²) in [4.78, 5) is 14.1. The first-order valence-electron chi connectivity index (χ1n) is 7.06. The third kappa shape index (κ3) is 3.77. The molecule has 1 aromatic rings. The average molecular weight is 332 g/mol. The van der Waals surface area contributed by atoms with Gasteiger partial charge in [0, 0.05) is 20.0 Å². The molecule has 120 valence electrons. The number of carbonyl (C=O) groups excluding carboxylic acids is 1. The van der Waals surface area contributed by atoms with Crippen molar-refractivity contribution in [3.8, 4) is 0 Å². The Morgan fingerprint density at radius 3 is 2.29 bits per heavy atom. The maximum Gasteiger partial charge on any atom is 0.183 e. The van der Waals surface area contributed by atoms with Gasteiger partial charge >= 0.3 is 0 Å². The van der Waals surface area contributed by atoms with E-state index in [1.807, 2.05) is 11.8 Å². The number of hydrogen-bond acceptors (Lipinski definition) is 6. The lowest BCUT2D eigenvalue weighted by Crippen LogP contribution is -2.28. The predicted octanol–water partition coefficient (Wildman–Crippen LogP) is 2.81. The summed E-state index contributed by atoms with van der Waals surface area (Å²) in [5.41, 5.74) is 6.08. The molecule has 0 unspecified atom stereocenters. The Balaban J connectivity index is 3.56. The van der Waals surface area contributed by atoms with Crippen molar-refractivity contribution in [2.45, 2.75) is 39.5 Å². The predicted molar refractivity (Wildman–Crippen MR) is 89.2 cm³/mol. The molecule has 2 N–H and O–H groups in total. The van der Waals surface area contributed by atoms with E-state index in [2.05, 4.69) is 13.8 Å². The van der Waals surface area contributed by atoms with Crippen LogP contribution in [0.2, 0.25) is 0 Å². The van der Waals surface area contributed by atoms with Crippen molar-refractivity contribution in [2.24, 2.45) is 5.92 Å². The number of carbonyl (C=O) groups is 1. The number of hydrogen-bond donors (Lipinski definition) is 1. The van der Waals surface area contributed by atoms with Gasteiger partial charge < -0.3 is 10.6 Å². The highest BCUT2D eigenvalue weighted by Gasteiger charge is 2.30. The molecule has 0 atom stereocenters. The highest BCUT2D eigenvalue weighted by atomic mass is 32.2. The Kier molecular flexibility index (Phi) is 5.81. The molecule has 0 spiro atoms. The number of rotatable bonds is 7. The normalized spacial score (nSPS) is 11.9. The molecule has 7 heteroatoms. The second-order valence-corrected chi connectivity index (χ2v) is 8.59. The molecule has 21 heavy (non-hydrogen) atoms. The fraction of sp³-hybridized carbons (Fsp3) is 0.643. The molecule has 1 heterocycles. The first-order valence-corrected chi connectivity index (χ1v) is 9.53. The molecule has 0 saturated carbocycles. The van der Waals surface area contributed by atoms with Crippen molar-refractivity contribution >= 4 is 37.6 Å². The molecule has 0 aliphatic heterocycles. The summed E-state index contributed by atoms with van der Waals surface area (Å²) in [7, 11) is -3.47. The molecule has 1 rings (SSSR count). The van der Waals surface area contributed by atoms with Crippen molar-refractivity contribution in [1.29, 1.82) is 0 Å². The summed E-state index contributed by atoms with van der Waals surface area (Å²) in [6.07, 6.45) is 0. The molecule has 0 radical (unpaired) electrons. The Bertz CT molecular complexity index is 618. The van der Waals surface area contributed by atoms with Crippen LogP contribution in [0.15, 0.2) is 4.90 Å². The van der Waals surface area contributed by atoms with Gasteiger partial charge in [0.05, 0.1) is 16.3 Å². The zero-order valence-electron chi connectivity index (χ0n) is 13.3. The van der Waals surface area contributed by atoms with E-state index in [0.29, 0.717) is 22.3 Å². The summed E-state index contributed by atoms with van der Waals surface area (Å²) in [6.45, 7) is 10.5. The Morgan fingerprint density at radius 1 is 1.33 bits per heavy atom. The molecule has 0 amide bonds. The minimum Gasteiger partial charge on any atom is -0.396 e. The second-order valence-electron chi connectivity index (χ2n) is 5.37. The number of anilines is 2. The smallest absolute Gasteiger partial charge is 0.183 e. The summed E-state index contributed by atoms with van der Waals surface area (Å²) < 4.78 is 24.7. The quantitative estimate of drug-likeness (QED) is 0.777. The van der Waals surface area contributed by atoms with Crippen molar-refractivity contribution in [3.05, 3.63) is 4.88 Å². The van der Waals surface area contributed by atoms with Gasteiger partial charge in [0.2, 0.25) is 0 Å². The Labute approximate surface area is 131 Å². The van der Waals surface area contributed by atoms with Crippen LogP contribution in [0, 0.1) is 5.92 Å². The maximum atomic E-state index is 12.4. The molecule has 1 aromatic heterocycles. The van der Waals surface area contributed by atoms with Crippen LogP contribution in [0.4, 0.5) is 10.7 Å². The summed E-state index contributed by atoms with van der Waals surface area (Å²) in [5, 5.41) is 0.593. The van der Waals surface area contributed by atoms with Gasteiger partial charge in [-0.05, 0) is 12.8 Å². The van der Waals surface area contributed by atoms with Crippen LogP contribution in [-0.2, 0) is 9.84 Å². The largest absolute Gasteiger partial charge is 0.396 e. The van der Waals surface area contributed by atoms with E-state index in [1.54, 1.807) is 6.92 Å². The number of sulfone groups is 1. The maximum absolute atomic E-state index is 12.4. The van der Waals surface area contributed by atoms with Crippen LogP contribution in [0.3, 0.4) is 0 Å². The lowest BCUT2D eigenvalue weighted by Gasteiger charge is -2.24. The minimum atomic E-state index is -3.47. The standard InChI is InChI=1S/C14H24N2O3S2/c1-6-16(8-9(3)4)14-13(21(18,19)7-2)11(15)12(20-14)10(5)17/h9H,6-8,15H2,1-5H3. The van der Waals surface area contributed by atoms with Crippen LogP contribution in [0.1, 0.15) is 44.3 Å². The van der Waals surface area contributed by atoms with Crippen molar-refractivity contribution in [3.63, 3.8) is 0 Å². The van der Waals surface area contributed by atoms with Crippen LogP contribution in [0.25, 0.3) is 0 Å². The van der Waals surface area contributed by atoms with Crippen LogP contribution in [0.5, 0.6) is 0 Å². The lowest BCUT2D eigenvalue weighted by molar-refractivity contribution is 0.102. The summed E-state index contributed by atoms with van der Waals surface area (Å²) >= 11 is 1.18. The zero-order chi connectivity index (χ0) is 16.4. The molecule has 0 aliphatic rings. The van der Waals surface area contributed by atoms with Crippen LogP contribution in [-0.4, -0.2) is 33.0 Å². The van der Waals surface area contributed by atoms with E-state index in [0.717, 1.165) is 6.54 Å². The van der Waals surface area contributed by atoms with Gasteiger partial charge in [-0.25, -0.2) is 8.42 Å². The van der Waals surface area contributed by atoms with E-state index in [9.17, 15) is 13.2 Å². The van der Waals surface area contributed by atoms with Gasteiger partial charge in [0.15, 0.2) is 15.6 Å². The fourth-order valence-corrected chi connectivity index (χ4v) is 4.90. The second kappa shape index (κ2) is 6.79. The number of thiophene rings is 1. The fourth-order valence-electron chi connectivity index (χ4n) is 2.13. The van der Waals surface area contributed by atoms with Crippen molar-refractivity contribution in [2.75, 3.05) is 29.5 Å². The van der Waals surface area contributed by atoms with Crippen molar-refractivity contribution < 1.29 is 13.2 Å². The monoisotopic (exact) mass is 332 g/mol. The summed E-state index contributed by atoms with van der Waals surface area (Å²) in [5.74, 6) is 0.153. The third-order valence-corrected chi connectivity index (χ3v) is 6.44. The van der Waals surface area contributed by atoms with Gasteiger partial charge in [-0.1, -0.05) is 20.8 Å². The molecule has 0 fully saturated rings. The zero-order valence-corrected chi connectivity index (χ0v) is 14.9. The number of nitrogen functional groups attached to an aromatic ring is 1. The Morgan fingerprint density at radius 2 is 1.90 bits per heavy atom. The number of ketones is 1. The number of nitrogens with two attached hydrogens (primary N) is 1. The minimum absolute atomic E-state index is 0.0302. The van der Waals surface area contributed by atoms with Gasteiger partial charge in [0.1, 0.15) is 9.90 Å². The molecule has 0 aromatic carbocycles. The van der Waals surface area contributed by atoms with E-state index < -0.39 is 9.84 Å². The van der Waals surface area contributed by atoms with E-state index in [4.69, 9.17) is 5.73 Å². The van der Waals surface area contributed by atoms with Gasteiger partial charge in [-0.3, -0.25) is 4.79 Å². The Hall–Kier alpha value is -1.08. The SMILES string of the molecule is CCN(CC(C)C)c1sc(C(C)=O)c(N)c1S(=O)(=O)CC. The van der Waals surface area contributed by atoms with Crippen molar-refractivity contribution in [1.82, 2.24) is 0 Å². The third-order valence-electron chi connectivity index (χ3n) is 3.15. The van der Waals surface area contributed by atoms with Gasteiger partial charge in [0.25, 0.3) is 0 Å². The van der Waals surface area contributed by atoms with E-state index in [1.165, 1.54) is 18.3 Å². The van der Waals surface area contributed by atoms with Crippen LogP contribution < -0.4 is 10.6 Å². The first kappa shape index (κ1) is 18.0. The molecule has 0 saturated heterocycles. The molecule has 0 aliphatic carbocycles. The number of nitrogens with zero attached hydrogens (tertiary/aromatic N) is 1. The highest BCUT2D eigenvalue weighted by Crippen LogP contribution is 2.42. The molecule has 5 nitrogen and oxygen atoms in total. The van der Waals surface area contributed by atoms with Crippen LogP contribution >= 0.6 is 11.3 Å². The molecule has 0 bridgehead atoms. The summed E-state index contributed by atoms with van der Waals surface area (Å²) in [6, 6.07) is 0. The lowest BCUT2D eigenvalue weighted by atomic mass is 10.2. The van der Waals surface area contributed by atoms with Gasteiger partial charge in [-0.15, -0.1) is 11.3 Å². The molecular weight excluding hydrogens is 308 g/mol. The average Bonchev–Trinajstić information content (AvgIpc) is 2.74. The topological polar surface area (TPSA) is 80.5 Å². The first-order chi connectivity index (χ1) is 9.65. The van der Waals surface area contributed by atoms with E-state index >= 15 is 0 Å². The van der Waals surface area contributed by atoms with Gasteiger partial charge in [-0.2, -0.15) is 0 Å². The molecular formula is C14H24N2O3S2. The van der Waals surface area contributed by atoms with E-state index in [-0.39, 0.29) is 22.1 Å². The number of Topliss-reactive ketones (excluding diaryl/α,β-unsaturated/α-hetero) is 1.